The van der Waals surface area contributed by atoms with Gasteiger partial charge in [0.1, 0.15) is 0 Å². The lowest BCUT2D eigenvalue weighted by Crippen LogP contribution is -2.55. The Hall–Kier alpha value is -3.53. The molecule has 0 aromatic heterocycles. The van der Waals surface area contributed by atoms with E-state index in [4.69, 9.17) is 9.47 Å². The van der Waals surface area contributed by atoms with Gasteiger partial charge >= 0.3 is 0 Å². The summed E-state index contributed by atoms with van der Waals surface area (Å²) in [5.41, 5.74) is 3.70. The zero-order chi connectivity index (χ0) is 23.6. The number of hydrogen-bond donors (Lipinski definition) is 0. The summed E-state index contributed by atoms with van der Waals surface area (Å²) in [5.74, 6) is 1.25. The van der Waals surface area contributed by atoms with Crippen molar-refractivity contribution in [2.24, 2.45) is 0 Å². The number of carbonyl (C=O) groups excluding carboxylic acids is 1. The van der Waals surface area contributed by atoms with Crippen molar-refractivity contribution in [3.05, 3.63) is 95.6 Å². The van der Waals surface area contributed by atoms with Gasteiger partial charge in [0.25, 0.3) is 5.91 Å². The van der Waals surface area contributed by atoms with Gasteiger partial charge in [0.15, 0.2) is 11.5 Å². The standard InChI is InChI=1S/C29H31NO3/c1-28(2)20-29(3,22-11-7-6-8-12-22)23-13-9-10-14-24(23)30(28)27(31)18-16-21-15-17-25(32-4)26(19-21)33-5/h6-19H,20H2,1-5H3/b18-16-/t29-/m0/s1. The summed E-state index contributed by atoms with van der Waals surface area (Å²) >= 11 is 0. The Morgan fingerprint density at radius 3 is 2.24 bits per heavy atom. The second-order valence-corrected chi connectivity index (χ2v) is 9.33. The molecule has 0 fully saturated rings. The number of para-hydroxylation sites is 1. The van der Waals surface area contributed by atoms with Gasteiger partial charge in [-0.3, -0.25) is 4.79 Å². The Kier molecular flexibility index (Phi) is 6.03. The molecule has 0 spiro atoms. The number of carbonyl (C=O) groups is 1. The minimum atomic E-state index is -0.377. The Bertz CT molecular complexity index is 1180. The fourth-order valence-electron chi connectivity index (χ4n) is 5.18. The average molecular weight is 442 g/mol. The molecule has 1 aliphatic heterocycles. The Morgan fingerprint density at radius 2 is 1.55 bits per heavy atom. The van der Waals surface area contributed by atoms with Gasteiger partial charge in [-0.25, -0.2) is 0 Å². The number of ether oxygens (including phenoxy) is 2. The smallest absolute Gasteiger partial charge is 0.251 e. The van der Waals surface area contributed by atoms with Crippen LogP contribution in [0.2, 0.25) is 0 Å². The van der Waals surface area contributed by atoms with E-state index < -0.39 is 0 Å². The van der Waals surface area contributed by atoms with Crippen LogP contribution < -0.4 is 14.4 Å². The highest BCUT2D eigenvalue weighted by molar-refractivity contribution is 6.06. The molecule has 33 heavy (non-hydrogen) atoms. The summed E-state index contributed by atoms with van der Waals surface area (Å²) in [4.78, 5) is 15.5. The van der Waals surface area contributed by atoms with Gasteiger partial charge in [0.05, 0.1) is 14.2 Å². The van der Waals surface area contributed by atoms with Crippen molar-refractivity contribution in [3.8, 4) is 11.5 Å². The van der Waals surface area contributed by atoms with Crippen LogP contribution >= 0.6 is 0 Å². The molecule has 4 nitrogen and oxygen atoms in total. The fraction of sp³-hybridized carbons (Fsp3) is 0.276. The zero-order valence-electron chi connectivity index (χ0n) is 20.0. The van der Waals surface area contributed by atoms with Gasteiger partial charge in [-0.2, -0.15) is 0 Å². The number of anilines is 1. The molecule has 4 rings (SSSR count). The molecule has 3 aromatic carbocycles. The minimum Gasteiger partial charge on any atom is -0.493 e. The summed E-state index contributed by atoms with van der Waals surface area (Å²) in [7, 11) is 3.21. The molecule has 1 amide bonds. The van der Waals surface area contributed by atoms with Crippen LogP contribution in [0.5, 0.6) is 11.5 Å². The molecule has 0 saturated heterocycles. The monoisotopic (exact) mass is 441 g/mol. The molecule has 0 unspecified atom stereocenters. The lowest BCUT2D eigenvalue weighted by molar-refractivity contribution is -0.115. The van der Waals surface area contributed by atoms with Crippen LogP contribution in [0, 0.1) is 0 Å². The molecule has 4 heteroatoms. The van der Waals surface area contributed by atoms with Gasteiger partial charge in [-0.15, -0.1) is 0 Å². The Balaban J connectivity index is 1.72. The van der Waals surface area contributed by atoms with Gasteiger partial charge in [0, 0.05) is 22.7 Å². The van der Waals surface area contributed by atoms with Crippen molar-refractivity contribution in [2.45, 2.75) is 38.1 Å². The highest BCUT2D eigenvalue weighted by atomic mass is 16.5. The van der Waals surface area contributed by atoms with Crippen LogP contribution in [-0.4, -0.2) is 25.7 Å². The molecule has 0 aliphatic carbocycles. The first-order chi connectivity index (χ1) is 15.8. The first-order valence-electron chi connectivity index (χ1n) is 11.2. The molecule has 1 heterocycles. The van der Waals surface area contributed by atoms with E-state index in [2.05, 4.69) is 63.2 Å². The summed E-state index contributed by atoms with van der Waals surface area (Å²) in [6.07, 6.45) is 4.29. The predicted molar refractivity (Wildman–Crippen MR) is 134 cm³/mol. The molecule has 1 aliphatic rings. The van der Waals surface area contributed by atoms with Crippen LogP contribution in [-0.2, 0) is 10.2 Å². The average Bonchev–Trinajstić information content (AvgIpc) is 2.82. The molecule has 3 aromatic rings. The maximum atomic E-state index is 13.6. The van der Waals surface area contributed by atoms with Crippen molar-refractivity contribution in [3.63, 3.8) is 0 Å². The van der Waals surface area contributed by atoms with Gasteiger partial charge < -0.3 is 14.4 Å². The third kappa shape index (κ3) is 4.13. The molecule has 170 valence electrons. The van der Waals surface area contributed by atoms with E-state index in [0.717, 1.165) is 17.7 Å². The van der Waals surface area contributed by atoms with Crippen molar-refractivity contribution in [2.75, 3.05) is 19.1 Å². The summed E-state index contributed by atoms with van der Waals surface area (Å²) < 4.78 is 10.7. The lowest BCUT2D eigenvalue weighted by atomic mass is 9.65. The largest absolute Gasteiger partial charge is 0.493 e. The fourth-order valence-corrected chi connectivity index (χ4v) is 5.18. The second-order valence-electron chi connectivity index (χ2n) is 9.33. The molecule has 0 saturated carbocycles. The van der Waals surface area contributed by atoms with Gasteiger partial charge in [0.2, 0.25) is 0 Å². The van der Waals surface area contributed by atoms with Crippen molar-refractivity contribution >= 4 is 17.7 Å². The maximum absolute atomic E-state index is 13.6. The van der Waals surface area contributed by atoms with E-state index in [9.17, 15) is 4.79 Å². The Labute approximate surface area is 196 Å². The van der Waals surface area contributed by atoms with Crippen LogP contribution in [0.1, 0.15) is 43.9 Å². The topological polar surface area (TPSA) is 38.8 Å². The van der Waals surface area contributed by atoms with Crippen molar-refractivity contribution < 1.29 is 14.3 Å². The van der Waals surface area contributed by atoms with Gasteiger partial charge in [-0.05, 0) is 61.2 Å². The third-order valence-electron chi connectivity index (χ3n) is 6.59. The zero-order valence-corrected chi connectivity index (χ0v) is 20.0. The van der Waals surface area contributed by atoms with E-state index in [-0.39, 0.29) is 16.9 Å². The van der Waals surface area contributed by atoms with Crippen LogP contribution in [0.25, 0.3) is 6.08 Å². The number of benzene rings is 3. The summed E-state index contributed by atoms with van der Waals surface area (Å²) in [6.45, 7) is 6.57. The van der Waals surface area contributed by atoms with E-state index in [1.54, 1.807) is 20.3 Å². The lowest BCUT2D eigenvalue weighted by Gasteiger charge is -2.51. The van der Waals surface area contributed by atoms with Crippen LogP contribution in [0.15, 0.2) is 78.9 Å². The number of nitrogens with zero attached hydrogens (tertiary/aromatic N) is 1. The molecule has 0 bridgehead atoms. The van der Waals surface area contributed by atoms with Crippen LogP contribution in [0.4, 0.5) is 5.69 Å². The van der Waals surface area contributed by atoms with E-state index in [1.165, 1.54) is 11.1 Å². The summed E-state index contributed by atoms with van der Waals surface area (Å²) in [5, 5.41) is 0. The summed E-state index contributed by atoms with van der Waals surface area (Å²) in [6, 6.07) is 24.5. The maximum Gasteiger partial charge on any atom is 0.251 e. The molecule has 0 N–H and O–H groups in total. The highest BCUT2D eigenvalue weighted by Crippen LogP contribution is 2.50. The molecular weight excluding hydrogens is 410 g/mol. The molecule has 0 radical (unpaired) electrons. The first-order valence-corrected chi connectivity index (χ1v) is 11.2. The normalized spacial score (nSPS) is 19.2. The van der Waals surface area contributed by atoms with Crippen molar-refractivity contribution in [1.29, 1.82) is 0 Å². The van der Waals surface area contributed by atoms with E-state index in [1.807, 2.05) is 41.3 Å². The van der Waals surface area contributed by atoms with Crippen LogP contribution in [0.3, 0.4) is 0 Å². The Morgan fingerprint density at radius 1 is 0.879 bits per heavy atom. The first kappa shape index (κ1) is 22.7. The third-order valence-corrected chi connectivity index (χ3v) is 6.59. The predicted octanol–water partition coefficient (Wildman–Crippen LogP) is 6.24. The molecular formula is C29H31NO3. The number of amides is 1. The number of rotatable bonds is 5. The quantitative estimate of drug-likeness (QED) is 0.440. The van der Waals surface area contributed by atoms with Crippen molar-refractivity contribution in [1.82, 2.24) is 0 Å². The number of hydrogen-bond acceptors (Lipinski definition) is 3. The minimum absolute atomic E-state index is 0.0441. The highest BCUT2D eigenvalue weighted by Gasteiger charge is 2.47. The number of methoxy groups -OCH3 is 2. The molecule has 1 atom stereocenters. The van der Waals surface area contributed by atoms with E-state index >= 15 is 0 Å². The van der Waals surface area contributed by atoms with E-state index in [0.29, 0.717) is 11.5 Å². The SMILES string of the molecule is COc1ccc(/C=C\C(=O)N2c3ccccc3[C@](C)(c3ccccc3)CC2(C)C)cc1OC. The second kappa shape index (κ2) is 8.78. The number of fused-ring (bicyclic) bond motifs is 1. The van der Waals surface area contributed by atoms with Gasteiger partial charge in [-0.1, -0.05) is 61.5 Å².